The fourth-order valence-electron chi connectivity index (χ4n) is 1.90. The lowest BCUT2D eigenvalue weighted by atomic mass is 10.1. The van der Waals surface area contributed by atoms with Crippen LogP contribution in [0.2, 0.25) is 0 Å². The van der Waals surface area contributed by atoms with Crippen molar-refractivity contribution in [3.05, 3.63) is 29.5 Å². The Morgan fingerprint density at radius 3 is 2.79 bits per heavy atom. The first-order valence-electron chi connectivity index (χ1n) is 6.07. The van der Waals surface area contributed by atoms with Crippen LogP contribution in [0.25, 0.3) is 11.3 Å². The highest BCUT2D eigenvalue weighted by Gasteiger charge is 2.20. The van der Waals surface area contributed by atoms with Crippen molar-refractivity contribution in [1.82, 2.24) is 15.0 Å². The minimum atomic E-state index is -1.09. The molecule has 0 saturated heterocycles. The highest BCUT2D eigenvalue weighted by atomic mass is 16.4. The van der Waals surface area contributed by atoms with Gasteiger partial charge in [0.05, 0.1) is 0 Å². The largest absolute Gasteiger partial charge is 0.476 e. The molecular weight excluding hydrogens is 244 g/mol. The Morgan fingerprint density at radius 2 is 2.21 bits per heavy atom. The zero-order valence-electron chi connectivity index (χ0n) is 10.9. The molecule has 6 nitrogen and oxygen atoms in total. The lowest BCUT2D eigenvalue weighted by molar-refractivity contribution is 0.0691. The Balaban J connectivity index is 2.60. The predicted octanol–water partition coefficient (Wildman–Crippen LogP) is 1.94. The topological polar surface area (TPSA) is 94.0 Å². The van der Waals surface area contributed by atoms with Crippen LogP contribution in [-0.4, -0.2) is 26.1 Å². The van der Waals surface area contributed by atoms with Gasteiger partial charge in [0, 0.05) is 17.8 Å². The maximum atomic E-state index is 11.2. The third kappa shape index (κ3) is 2.42. The van der Waals surface area contributed by atoms with Crippen molar-refractivity contribution < 1.29 is 9.90 Å². The van der Waals surface area contributed by atoms with Crippen molar-refractivity contribution in [2.75, 3.05) is 5.73 Å². The predicted molar refractivity (Wildman–Crippen MR) is 71.9 cm³/mol. The van der Waals surface area contributed by atoms with Crippen LogP contribution >= 0.6 is 0 Å². The molecule has 0 aliphatic carbocycles. The smallest absolute Gasteiger partial charge is 0.358 e. The van der Waals surface area contributed by atoms with Crippen LogP contribution in [0, 0.1) is 6.92 Å². The molecule has 0 aliphatic heterocycles. The van der Waals surface area contributed by atoms with Gasteiger partial charge in [0.1, 0.15) is 5.69 Å². The number of nitrogens with two attached hydrogens (primary N) is 1. The molecule has 6 heteroatoms. The first kappa shape index (κ1) is 13.1. The van der Waals surface area contributed by atoms with Crippen LogP contribution in [0.1, 0.15) is 29.4 Å². The van der Waals surface area contributed by atoms with Gasteiger partial charge in [-0.25, -0.2) is 9.48 Å². The second-order valence-corrected chi connectivity index (χ2v) is 4.39. The summed E-state index contributed by atoms with van der Waals surface area (Å²) in [5.74, 6) is -1.09. The Hall–Kier alpha value is -2.37. The van der Waals surface area contributed by atoms with E-state index in [0.29, 0.717) is 17.9 Å². The Morgan fingerprint density at radius 1 is 1.47 bits per heavy atom. The molecule has 0 saturated carbocycles. The van der Waals surface area contributed by atoms with Crippen LogP contribution in [-0.2, 0) is 6.54 Å². The van der Waals surface area contributed by atoms with Gasteiger partial charge in [-0.15, -0.1) is 5.10 Å². The summed E-state index contributed by atoms with van der Waals surface area (Å²) in [4.78, 5) is 11.2. The number of nitrogens with zero attached hydrogens (tertiary/aromatic N) is 3. The molecule has 2 rings (SSSR count). The maximum Gasteiger partial charge on any atom is 0.358 e. The van der Waals surface area contributed by atoms with E-state index in [-0.39, 0.29) is 5.69 Å². The molecule has 0 fully saturated rings. The number of aryl methyl sites for hydroxylation is 2. The second-order valence-electron chi connectivity index (χ2n) is 4.39. The van der Waals surface area contributed by atoms with Gasteiger partial charge in [0.2, 0.25) is 0 Å². The van der Waals surface area contributed by atoms with Gasteiger partial charge in [0.25, 0.3) is 0 Å². The number of nitrogen functional groups attached to an aromatic ring is 1. The number of hydrogen-bond acceptors (Lipinski definition) is 4. The zero-order chi connectivity index (χ0) is 14.0. The Labute approximate surface area is 110 Å². The number of benzene rings is 1. The number of rotatable bonds is 4. The van der Waals surface area contributed by atoms with E-state index < -0.39 is 5.97 Å². The summed E-state index contributed by atoms with van der Waals surface area (Å²) in [5.41, 5.74) is 8.63. The third-order valence-electron chi connectivity index (χ3n) is 2.93. The average Bonchev–Trinajstić information content (AvgIpc) is 2.77. The van der Waals surface area contributed by atoms with Crippen molar-refractivity contribution in [3.8, 4) is 11.3 Å². The van der Waals surface area contributed by atoms with E-state index in [1.807, 2.05) is 26.0 Å². The first-order chi connectivity index (χ1) is 9.04. The lowest BCUT2D eigenvalue weighted by Crippen LogP contribution is -2.05. The molecule has 1 aromatic carbocycles. The molecule has 0 atom stereocenters. The number of hydrogen-bond donors (Lipinski definition) is 2. The standard InChI is InChI=1S/C13H16N4O2/c1-3-6-17-12(11(13(18)19)15-16-17)9-5-4-8(2)10(14)7-9/h4-5,7H,3,6,14H2,1-2H3,(H,18,19). The van der Waals surface area contributed by atoms with E-state index >= 15 is 0 Å². The van der Waals surface area contributed by atoms with E-state index in [1.54, 1.807) is 10.7 Å². The molecule has 100 valence electrons. The molecule has 0 spiro atoms. The summed E-state index contributed by atoms with van der Waals surface area (Å²) < 4.78 is 1.60. The quantitative estimate of drug-likeness (QED) is 0.819. The van der Waals surface area contributed by atoms with Gasteiger partial charge >= 0.3 is 5.97 Å². The van der Waals surface area contributed by atoms with Gasteiger partial charge < -0.3 is 10.8 Å². The highest BCUT2D eigenvalue weighted by Crippen LogP contribution is 2.26. The molecule has 0 amide bonds. The van der Waals surface area contributed by atoms with E-state index in [0.717, 1.165) is 17.5 Å². The minimum Gasteiger partial charge on any atom is -0.476 e. The zero-order valence-corrected chi connectivity index (χ0v) is 10.9. The summed E-state index contributed by atoms with van der Waals surface area (Å²) in [6, 6.07) is 5.45. The number of aromatic carboxylic acids is 1. The third-order valence-corrected chi connectivity index (χ3v) is 2.93. The first-order valence-corrected chi connectivity index (χ1v) is 6.07. The number of anilines is 1. The van der Waals surface area contributed by atoms with Crippen LogP contribution in [0.15, 0.2) is 18.2 Å². The van der Waals surface area contributed by atoms with Gasteiger partial charge in [-0.05, 0) is 25.0 Å². The van der Waals surface area contributed by atoms with Crippen LogP contribution in [0.3, 0.4) is 0 Å². The molecule has 0 radical (unpaired) electrons. The van der Waals surface area contributed by atoms with Crippen LogP contribution in [0.5, 0.6) is 0 Å². The van der Waals surface area contributed by atoms with E-state index in [9.17, 15) is 9.90 Å². The molecule has 0 bridgehead atoms. The van der Waals surface area contributed by atoms with Gasteiger partial charge in [-0.2, -0.15) is 0 Å². The molecule has 1 heterocycles. The Kier molecular flexibility index (Phi) is 3.50. The summed E-state index contributed by atoms with van der Waals surface area (Å²) >= 11 is 0. The van der Waals surface area contributed by atoms with Crippen LogP contribution in [0.4, 0.5) is 5.69 Å². The summed E-state index contributed by atoms with van der Waals surface area (Å²) in [7, 11) is 0. The molecular formula is C13H16N4O2. The fourth-order valence-corrected chi connectivity index (χ4v) is 1.90. The van der Waals surface area contributed by atoms with Crippen molar-refractivity contribution >= 4 is 11.7 Å². The monoisotopic (exact) mass is 260 g/mol. The van der Waals surface area contributed by atoms with Gasteiger partial charge in [-0.3, -0.25) is 0 Å². The average molecular weight is 260 g/mol. The number of aromatic nitrogens is 3. The Bertz CT molecular complexity index is 619. The molecule has 3 N–H and O–H groups in total. The van der Waals surface area contributed by atoms with Crippen molar-refractivity contribution in [1.29, 1.82) is 0 Å². The second kappa shape index (κ2) is 5.09. The molecule has 1 aromatic heterocycles. The SMILES string of the molecule is CCCn1nnc(C(=O)O)c1-c1ccc(C)c(N)c1. The molecule has 0 unspecified atom stereocenters. The normalized spacial score (nSPS) is 10.6. The lowest BCUT2D eigenvalue weighted by Gasteiger charge is -2.08. The van der Waals surface area contributed by atoms with Crippen molar-refractivity contribution in [2.45, 2.75) is 26.8 Å². The summed E-state index contributed by atoms with van der Waals surface area (Å²) in [6.07, 6.45) is 0.844. The summed E-state index contributed by atoms with van der Waals surface area (Å²) in [5, 5.41) is 16.8. The molecule has 2 aromatic rings. The van der Waals surface area contributed by atoms with E-state index in [1.165, 1.54) is 0 Å². The van der Waals surface area contributed by atoms with Crippen molar-refractivity contribution in [2.24, 2.45) is 0 Å². The molecule has 19 heavy (non-hydrogen) atoms. The maximum absolute atomic E-state index is 11.2. The van der Waals surface area contributed by atoms with E-state index in [4.69, 9.17) is 5.73 Å². The van der Waals surface area contributed by atoms with Crippen molar-refractivity contribution in [3.63, 3.8) is 0 Å². The summed E-state index contributed by atoms with van der Waals surface area (Å²) in [6.45, 7) is 4.51. The number of carboxylic acid groups (broad SMARTS) is 1. The van der Waals surface area contributed by atoms with E-state index in [2.05, 4.69) is 10.3 Å². The van der Waals surface area contributed by atoms with Gasteiger partial charge in [0.15, 0.2) is 5.69 Å². The number of carbonyl (C=O) groups is 1. The van der Waals surface area contributed by atoms with Gasteiger partial charge in [-0.1, -0.05) is 24.3 Å². The fraction of sp³-hybridized carbons (Fsp3) is 0.308. The molecule has 0 aliphatic rings. The minimum absolute atomic E-state index is 0.0447. The number of carboxylic acids is 1. The van der Waals surface area contributed by atoms with Crippen LogP contribution < -0.4 is 5.73 Å². The highest BCUT2D eigenvalue weighted by molar-refractivity contribution is 5.93.